The second-order valence-electron chi connectivity index (χ2n) is 5.50. The first-order valence-electron chi connectivity index (χ1n) is 5.76. The summed E-state index contributed by atoms with van der Waals surface area (Å²) >= 11 is 0. The largest absolute Gasteiger partial charge is 0.314 e. The minimum absolute atomic E-state index is 0.382. The van der Waals surface area contributed by atoms with E-state index in [4.69, 9.17) is 11.0 Å². The van der Waals surface area contributed by atoms with Crippen LogP contribution in [0.4, 0.5) is 0 Å². The van der Waals surface area contributed by atoms with Crippen molar-refractivity contribution in [1.82, 2.24) is 4.90 Å². The minimum Gasteiger partial charge on any atom is -0.314 e. The molecule has 0 aromatic carbocycles. The van der Waals surface area contributed by atoms with Crippen LogP contribution in [-0.2, 0) is 0 Å². The van der Waals surface area contributed by atoms with E-state index in [9.17, 15) is 0 Å². The fourth-order valence-electron chi connectivity index (χ4n) is 2.02. The highest BCUT2D eigenvalue weighted by Crippen LogP contribution is 2.38. The second-order valence-corrected chi connectivity index (χ2v) is 5.50. The first-order valence-corrected chi connectivity index (χ1v) is 5.76. The molecule has 15 heavy (non-hydrogen) atoms. The summed E-state index contributed by atoms with van der Waals surface area (Å²) in [6.45, 7) is 7.39. The third-order valence-electron chi connectivity index (χ3n) is 3.53. The third-order valence-corrected chi connectivity index (χ3v) is 3.53. The second kappa shape index (κ2) is 4.51. The minimum atomic E-state index is -0.692. The molecule has 1 fully saturated rings. The van der Waals surface area contributed by atoms with E-state index in [1.165, 1.54) is 6.42 Å². The Hall–Kier alpha value is -0.590. The summed E-state index contributed by atoms with van der Waals surface area (Å²) < 4.78 is 0. The topological polar surface area (TPSA) is 53.0 Å². The summed E-state index contributed by atoms with van der Waals surface area (Å²) in [6.07, 6.45) is 2.09. The lowest BCUT2D eigenvalue weighted by atomic mass is 9.96. The van der Waals surface area contributed by atoms with Gasteiger partial charge in [-0.25, -0.2) is 0 Å². The Labute approximate surface area is 93.2 Å². The average molecular weight is 209 g/mol. The Balaban J connectivity index is 2.33. The number of nitrogens with two attached hydrogens (primary N) is 1. The van der Waals surface area contributed by atoms with Crippen LogP contribution in [0.3, 0.4) is 0 Å². The van der Waals surface area contributed by atoms with Gasteiger partial charge in [0.2, 0.25) is 0 Å². The quantitative estimate of drug-likeness (QED) is 0.748. The summed E-state index contributed by atoms with van der Waals surface area (Å²) in [4.78, 5) is 2.33. The summed E-state index contributed by atoms with van der Waals surface area (Å²) in [5, 5.41) is 8.87. The van der Waals surface area contributed by atoms with E-state index < -0.39 is 5.54 Å². The molecule has 1 aliphatic rings. The van der Waals surface area contributed by atoms with E-state index >= 15 is 0 Å². The van der Waals surface area contributed by atoms with Gasteiger partial charge in [-0.1, -0.05) is 6.92 Å². The molecule has 0 heterocycles. The van der Waals surface area contributed by atoms with Gasteiger partial charge in [0.05, 0.1) is 6.07 Å². The van der Waals surface area contributed by atoms with Crippen molar-refractivity contribution in [1.29, 1.82) is 5.26 Å². The summed E-state index contributed by atoms with van der Waals surface area (Å²) in [7, 11) is 2.13. The van der Waals surface area contributed by atoms with Gasteiger partial charge in [-0.3, -0.25) is 0 Å². The van der Waals surface area contributed by atoms with Gasteiger partial charge < -0.3 is 10.6 Å². The molecule has 1 saturated carbocycles. The summed E-state index contributed by atoms with van der Waals surface area (Å²) in [6, 6.07) is 2.54. The Morgan fingerprint density at radius 2 is 2.20 bits per heavy atom. The fraction of sp³-hybridized carbons (Fsp3) is 0.917. The summed E-state index contributed by atoms with van der Waals surface area (Å²) in [5.41, 5.74) is 5.15. The molecule has 0 bridgehead atoms. The van der Waals surface area contributed by atoms with E-state index in [1.54, 1.807) is 6.92 Å². The van der Waals surface area contributed by atoms with E-state index in [1.807, 2.05) is 0 Å². The molecule has 0 radical (unpaired) electrons. The maximum atomic E-state index is 8.87. The van der Waals surface area contributed by atoms with Gasteiger partial charge in [-0.05, 0) is 45.6 Å². The molecule has 0 spiro atoms. The van der Waals surface area contributed by atoms with E-state index in [2.05, 4.69) is 31.9 Å². The van der Waals surface area contributed by atoms with Crippen LogP contribution in [0.25, 0.3) is 0 Å². The van der Waals surface area contributed by atoms with Crippen molar-refractivity contribution in [2.75, 3.05) is 13.6 Å². The molecule has 0 saturated heterocycles. The predicted molar refractivity (Wildman–Crippen MR) is 62.2 cm³/mol. The van der Waals surface area contributed by atoms with Crippen molar-refractivity contribution in [2.45, 2.75) is 45.2 Å². The zero-order valence-corrected chi connectivity index (χ0v) is 10.3. The molecule has 0 aromatic rings. The SMILES string of the molecule is CC1CC1CN(C)C(C)CC(C)(N)C#N. The molecule has 3 heteroatoms. The zero-order valence-electron chi connectivity index (χ0n) is 10.3. The van der Waals surface area contributed by atoms with Crippen molar-refractivity contribution in [3.05, 3.63) is 0 Å². The number of nitriles is 1. The number of nitrogens with zero attached hydrogens (tertiary/aromatic N) is 2. The third kappa shape index (κ3) is 3.81. The predicted octanol–water partition coefficient (Wildman–Crippen LogP) is 1.59. The van der Waals surface area contributed by atoms with Gasteiger partial charge >= 0.3 is 0 Å². The van der Waals surface area contributed by atoms with Crippen LogP contribution in [0, 0.1) is 23.2 Å². The molecule has 2 N–H and O–H groups in total. The molecule has 4 atom stereocenters. The maximum absolute atomic E-state index is 8.87. The molecule has 0 amide bonds. The number of hydrogen-bond acceptors (Lipinski definition) is 3. The maximum Gasteiger partial charge on any atom is 0.102 e. The van der Waals surface area contributed by atoms with Crippen LogP contribution in [0.1, 0.15) is 33.6 Å². The van der Waals surface area contributed by atoms with Crippen LogP contribution < -0.4 is 5.73 Å². The van der Waals surface area contributed by atoms with Crippen LogP contribution >= 0.6 is 0 Å². The molecule has 0 aliphatic heterocycles. The Kier molecular flexibility index (Phi) is 3.75. The first kappa shape index (κ1) is 12.5. The van der Waals surface area contributed by atoms with Crippen molar-refractivity contribution in [3.8, 4) is 6.07 Å². The van der Waals surface area contributed by atoms with Gasteiger partial charge in [-0.15, -0.1) is 0 Å². The smallest absolute Gasteiger partial charge is 0.102 e. The average Bonchev–Trinajstić information content (AvgIpc) is 2.81. The van der Waals surface area contributed by atoms with Crippen molar-refractivity contribution in [3.63, 3.8) is 0 Å². The Bertz CT molecular complexity index is 254. The zero-order chi connectivity index (χ0) is 11.6. The molecule has 86 valence electrons. The lowest BCUT2D eigenvalue weighted by molar-refractivity contribution is 0.215. The highest BCUT2D eigenvalue weighted by molar-refractivity contribution is 5.02. The fourth-order valence-corrected chi connectivity index (χ4v) is 2.02. The van der Waals surface area contributed by atoms with E-state index in [0.717, 1.165) is 24.8 Å². The van der Waals surface area contributed by atoms with Crippen molar-refractivity contribution >= 4 is 0 Å². The van der Waals surface area contributed by atoms with Crippen LogP contribution in [-0.4, -0.2) is 30.1 Å². The highest BCUT2D eigenvalue weighted by Gasteiger charge is 2.34. The Morgan fingerprint density at radius 3 is 2.60 bits per heavy atom. The molecule has 1 aliphatic carbocycles. The normalized spacial score (nSPS) is 30.7. The van der Waals surface area contributed by atoms with Gasteiger partial charge in [0.15, 0.2) is 0 Å². The van der Waals surface area contributed by atoms with Gasteiger partial charge in [0, 0.05) is 12.6 Å². The molecule has 4 unspecified atom stereocenters. The molecule has 3 nitrogen and oxygen atoms in total. The number of rotatable bonds is 5. The van der Waals surface area contributed by atoms with Gasteiger partial charge in [0.1, 0.15) is 5.54 Å². The first-order chi connectivity index (χ1) is 6.85. The van der Waals surface area contributed by atoms with E-state index in [-0.39, 0.29) is 0 Å². The van der Waals surface area contributed by atoms with Crippen molar-refractivity contribution < 1.29 is 0 Å². The lowest BCUT2D eigenvalue weighted by Crippen LogP contribution is -2.43. The van der Waals surface area contributed by atoms with Gasteiger partial charge in [0.25, 0.3) is 0 Å². The lowest BCUT2D eigenvalue weighted by Gasteiger charge is -2.29. The van der Waals surface area contributed by atoms with Crippen molar-refractivity contribution in [2.24, 2.45) is 17.6 Å². The van der Waals surface area contributed by atoms with Gasteiger partial charge in [-0.2, -0.15) is 5.26 Å². The molecule has 0 aromatic heterocycles. The Morgan fingerprint density at radius 1 is 1.67 bits per heavy atom. The highest BCUT2D eigenvalue weighted by atomic mass is 15.1. The van der Waals surface area contributed by atoms with E-state index in [0.29, 0.717) is 6.04 Å². The standard InChI is InChI=1S/C12H23N3/c1-9-5-11(9)7-15(4)10(2)6-12(3,14)8-13/h9-11H,5-7,14H2,1-4H3. The molecular formula is C12H23N3. The monoisotopic (exact) mass is 209 g/mol. The van der Waals surface area contributed by atoms with Crippen LogP contribution in [0.15, 0.2) is 0 Å². The molecular weight excluding hydrogens is 186 g/mol. The number of hydrogen-bond donors (Lipinski definition) is 1. The molecule has 1 rings (SSSR count). The summed E-state index contributed by atoms with van der Waals surface area (Å²) in [5.74, 6) is 1.75. The van der Waals surface area contributed by atoms with Crippen LogP contribution in [0.2, 0.25) is 0 Å². The van der Waals surface area contributed by atoms with Crippen LogP contribution in [0.5, 0.6) is 0 Å².